The molecule has 1 aliphatic heterocycles. The Morgan fingerprint density at radius 1 is 1.20 bits per heavy atom. The summed E-state index contributed by atoms with van der Waals surface area (Å²) in [4.78, 5) is 20.3. The second-order valence-corrected chi connectivity index (χ2v) is 14.0. The fraction of sp³-hybridized carbons (Fsp3) is 0.500. The lowest BCUT2D eigenvalue weighted by Gasteiger charge is -2.44. The number of thiazole rings is 1. The van der Waals surface area contributed by atoms with Gasteiger partial charge in [-0.1, -0.05) is 49.6 Å². The summed E-state index contributed by atoms with van der Waals surface area (Å²) in [7, 11) is -4.49. The number of hydrogen-bond acceptors (Lipinski definition) is 7. The molecule has 8 nitrogen and oxygen atoms in total. The average molecular weight is 611 g/mol. The van der Waals surface area contributed by atoms with Gasteiger partial charge in [0.25, 0.3) is 5.91 Å². The molecule has 13 heteroatoms. The van der Waals surface area contributed by atoms with E-state index in [1.165, 1.54) is 17.4 Å². The van der Waals surface area contributed by atoms with Crippen molar-refractivity contribution in [3.05, 3.63) is 47.1 Å². The van der Waals surface area contributed by atoms with Crippen molar-refractivity contribution < 1.29 is 31.5 Å². The smallest absolute Gasteiger partial charge is 0.388 e. The van der Waals surface area contributed by atoms with Gasteiger partial charge in [-0.3, -0.25) is 9.69 Å². The molecule has 2 aromatic carbocycles. The van der Waals surface area contributed by atoms with E-state index in [0.29, 0.717) is 54.5 Å². The van der Waals surface area contributed by atoms with Crippen molar-refractivity contribution in [3.8, 4) is 10.4 Å². The normalized spacial score (nSPS) is 18.6. The van der Waals surface area contributed by atoms with Gasteiger partial charge >= 0.3 is 6.18 Å². The van der Waals surface area contributed by atoms with Gasteiger partial charge in [-0.25, -0.2) is 13.4 Å². The Labute approximate surface area is 241 Å². The number of alkyl halides is 3. The summed E-state index contributed by atoms with van der Waals surface area (Å²) in [6, 6.07) is 7.32. The third kappa shape index (κ3) is 6.59. The van der Waals surface area contributed by atoms with E-state index in [2.05, 4.69) is 5.32 Å². The van der Waals surface area contributed by atoms with Crippen LogP contribution in [0.5, 0.6) is 0 Å². The SMILES string of the molecule is C[C@H](NS(=O)(=O)c1ccc(-c2sc(C(=O)NCCN3CC(C)(O)C3)nc2CC2CCC2)c2ccccc12)C(F)(F)F. The summed E-state index contributed by atoms with van der Waals surface area (Å²) in [5.41, 5.74) is 0.750. The molecule has 0 unspecified atom stereocenters. The van der Waals surface area contributed by atoms with E-state index < -0.39 is 27.8 Å². The van der Waals surface area contributed by atoms with Crippen LogP contribution in [0.3, 0.4) is 0 Å². The highest BCUT2D eigenvalue weighted by Gasteiger charge is 2.39. The number of nitrogens with zero attached hydrogens (tertiary/aromatic N) is 2. The molecule has 41 heavy (non-hydrogen) atoms. The monoisotopic (exact) mass is 610 g/mol. The zero-order valence-corrected chi connectivity index (χ0v) is 24.4. The third-order valence-electron chi connectivity index (χ3n) is 7.68. The van der Waals surface area contributed by atoms with Crippen LogP contribution in [0, 0.1) is 5.92 Å². The predicted octanol–water partition coefficient (Wildman–Crippen LogP) is 4.33. The first-order valence-electron chi connectivity index (χ1n) is 13.6. The molecule has 3 aromatic rings. The Morgan fingerprint density at radius 2 is 1.88 bits per heavy atom. The van der Waals surface area contributed by atoms with Crippen LogP contribution in [-0.4, -0.2) is 73.3 Å². The number of rotatable bonds is 10. The molecule has 1 saturated carbocycles. The van der Waals surface area contributed by atoms with Crippen molar-refractivity contribution in [2.75, 3.05) is 26.2 Å². The summed E-state index contributed by atoms with van der Waals surface area (Å²) in [5.74, 6) is 0.141. The van der Waals surface area contributed by atoms with E-state index in [0.717, 1.165) is 36.8 Å². The summed E-state index contributed by atoms with van der Waals surface area (Å²) in [6.07, 6.45) is -0.771. The van der Waals surface area contributed by atoms with Crippen molar-refractivity contribution in [2.45, 2.75) is 62.2 Å². The number of nitrogens with one attached hydrogen (secondary N) is 2. The molecule has 5 rings (SSSR count). The first-order chi connectivity index (χ1) is 19.2. The average Bonchev–Trinajstić information content (AvgIpc) is 3.27. The number of benzene rings is 2. The number of likely N-dealkylation sites (tertiary alicyclic amines) is 1. The lowest BCUT2D eigenvalue weighted by molar-refractivity contribution is -0.147. The molecule has 1 aliphatic carbocycles. The van der Waals surface area contributed by atoms with Gasteiger partial charge in [0.2, 0.25) is 10.0 Å². The van der Waals surface area contributed by atoms with Crippen molar-refractivity contribution in [3.63, 3.8) is 0 Å². The topological polar surface area (TPSA) is 112 Å². The van der Waals surface area contributed by atoms with E-state index in [1.54, 1.807) is 42.0 Å². The maximum Gasteiger partial charge on any atom is 0.404 e. The molecule has 1 aromatic heterocycles. The number of β-amino-alcohol motifs (C(OH)–C–C–N with tert-alkyl or cyclic N) is 1. The molecule has 1 saturated heterocycles. The third-order valence-corrected chi connectivity index (χ3v) is 10.4. The molecule has 1 amide bonds. The van der Waals surface area contributed by atoms with Crippen molar-refractivity contribution in [1.29, 1.82) is 0 Å². The minimum absolute atomic E-state index is 0.249. The number of aliphatic hydroxyl groups is 1. The van der Waals surface area contributed by atoms with Gasteiger partial charge < -0.3 is 10.4 Å². The van der Waals surface area contributed by atoms with Crippen LogP contribution in [-0.2, 0) is 16.4 Å². The zero-order chi connectivity index (χ0) is 29.6. The molecule has 222 valence electrons. The minimum Gasteiger partial charge on any atom is -0.388 e. The van der Waals surface area contributed by atoms with Gasteiger partial charge in [0.05, 0.1) is 21.1 Å². The Hall–Kier alpha value is -2.58. The van der Waals surface area contributed by atoms with Crippen LogP contribution in [0.2, 0.25) is 0 Å². The molecule has 0 bridgehead atoms. The first-order valence-corrected chi connectivity index (χ1v) is 15.9. The summed E-state index contributed by atoms with van der Waals surface area (Å²) in [6.45, 7) is 4.65. The molecule has 3 N–H and O–H groups in total. The van der Waals surface area contributed by atoms with Gasteiger partial charge in [0.15, 0.2) is 5.01 Å². The number of carbonyl (C=O) groups excluding carboxylic acids is 1. The number of amides is 1. The molecule has 2 heterocycles. The van der Waals surface area contributed by atoms with Crippen LogP contribution >= 0.6 is 11.3 Å². The number of fused-ring (bicyclic) bond motifs is 1. The van der Waals surface area contributed by atoms with E-state index >= 15 is 0 Å². The Balaban J connectivity index is 1.45. The maximum absolute atomic E-state index is 13.1. The molecule has 0 radical (unpaired) electrons. The number of aromatic nitrogens is 1. The minimum atomic E-state index is -4.73. The van der Waals surface area contributed by atoms with Gasteiger partial charge in [0, 0.05) is 37.1 Å². The van der Waals surface area contributed by atoms with Crippen molar-refractivity contribution in [1.82, 2.24) is 19.9 Å². The van der Waals surface area contributed by atoms with Crippen LogP contribution in [0.4, 0.5) is 13.2 Å². The molecule has 2 fully saturated rings. The van der Waals surface area contributed by atoms with E-state index in [4.69, 9.17) is 4.98 Å². The highest BCUT2D eigenvalue weighted by molar-refractivity contribution is 7.89. The number of sulfonamides is 1. The van der Waals surface area contributed by atoms with E-state index in [1.807, 2.05) is 4.90 Å². The van der Waals surface area contributed by atoms with Gasteiger partial charge in [-0.2, -0.15) is 17.9 Å². The molecule has 0 spiro atoms. The lowest BCUT2D eigenvalue weighted by atomic mass is 9.81. The quantitative estimate of drug-likeness (QED) is 0.315. The number of halogens is 3. The zero-order valence-electron chi connectivity index (χ0n) is 22.8. The summed E-state index contributed by atoms with van der Waals surface area (Å²) < 4.78 is 67.2. The largest absolute Gasteiger partial charge is 0.404 e. The fourth-order valence-corrected chi connectivity index (χ4v) is 7.80. The molecule has 2 aliphatic rings. The van der Waals surface area contributed by atoms with Gasteiger partial charge in [0.1, 0.15) is 6.04 Å². The highest BCUT2D eigenvalue weighted by Crippen LogP contribution is 2.40. The molecular weight excluding hydrogens is 577 g/mol. The fourth-order valence-electron chi connectivity index (χ4n) is 5.31. The van der Waals surface area contributed by atoms with E-state index in [-0.39, 0.29) is 16.2 Å². The summed E-state index contributed by atoms with van der Waals surface area (Å²) in [5, 5.41) is 13.9. The Bertz CT molecular complexity index is 1540. The number of carbonyl (C=O) groups is 1. The molecule has 1 atom stereocenters. The van der Waals surface area contributed by atoms with E-state index in [9.17, 15) is 31.5 Å². The van der Waals surface area contributed by atoms with Crippen LogP contribution in [0.25, 0.3) is 21.2 Å². The van der Waals surface area contributed by atoms with Crippen molar-refractivity contribution >= 4 is 38.0 Å². The second kappa shape index (κ2) is 11.3. The van der Waals surface area contributed by atoms with Gasteiger partial charge in [-0.05, 0) is 37.6 Å². The van der Waals surface area contributed by atoms with Gasteiger partial charge in [-0.15, -0.1) is 11.3 Å². The lowest BCUT2D eigenvalue weighted by Crippen LogP contribution is -2.60. The summed E-state index contributed by atoms with van der Waals surface area (Å²) >= 11 is 1.23. The first kappa shape index (κ1) is 29.9. The highest BCUT2D eigenvalue weighted by atomic mass is 32.2. The van der Waals surface area contributed by atoms with Crippen molar-refractivity contribution in [2.24, 2.45) is 5.92 Å². The van der Waals surface area contributed by atoms with Crippen LogP contribution in [0.1, 0.15) is 48.6 Å². The maximum atomic E-state index is 13.1. The van der Waals surface area contributed by atoms with Crippen LogP contribution in [0.15, 0.2) is 41.3 Å². The Kier molecular flexibility index (Phi) is 8.20. The molecular formula is C28H33F3N4O4S2. The predicted molar refractivity (Wildman–Crippen MR) is 151 cm³/mol. The standard InChI is InChI=1S/C28H33F3N4O4S2/c1-17(28(29,30)31)34-41(38,39)23-11-10-21(19-8-3-4-9-20(19)23)24-22(14-18-6-5-7-18)33-26(40-24)25(36)32-12-13-35-15-27(2,37)16-35/h3-4,8-11,17-18,34,37H,5-7,12-16H2,1-2H3,(H,32,36)/t17-/m0/s1. The Morgan fingerprint density at radius 3 is 2.49 bits per heavy atom. The number of hydrogen-bond donors (Lipinski definition) is 3. The second-order valence-electron chi connectivity index (χ2n) is 11.3. The van der Waals surface area contributed by atoms with Crippen LogP contribution < -0.4 is 10.0 Å².